The van der Waals surface area contributed by atoms with Crippen molar-refractivity contribution in [1.29, 1.82) is 0 Å². The van der Waals surface area contributed by atoms with Gasteiger partial charge in [-0.05, 0) is 37.8 Å². The Morgan fingerprint density at radius 2 is 1.33 bits per heavy atom. The number of allylic oxidation sites excluding steroid dienone is 4. The number of nitro groups is 2. The molecule has 0 saturated heterocycles. The van der Waals surface area contributed by atoms with Gasteiger partial charge in [0.15, 0.2) is 23.0 Å². The molecule has 2 amide bonds. The highest BCUT2D eigenvalue weighted by Crippen LogP contribution is 2.38. The molecule has 0 aromatic heterocycles. The number of nitro benzene ring substituents is 2. The van der Waals surface area contributed by atoms with Crippen LogP contribution in [0.2, 0.25) is 0 Å². The first-order valence-electron chi connectivity index (χ1n) is 15.9. The number of aliphatic hydroxyl groups excluding tert-OH is 2. The van der Waals surface area contributed by atoms with Gasteiger partial charge in [0, 0.05) is 44.6 Å². The molecule has 2 heterocycles. The topological polar surface area (TPSA) is 204 Å². The zero-order valence-electron chi connectivity index (χ0n) is 29.1. The number of benzene rings is 2. The molecule has 0 saturated carbocycles. The van der Waals surface area contributed by atoms with Gasteiger partial charge in [-0.25, -0.2) is 0 Å². The van der Waals surface area contributed by atoms with E-state index in [2.05, 4.69) is 0 Å². The van der Waals surface area contributed by atoms with Crippen molar-refractivity contribution in [2.45, 2.75) is 39.2 Å². The van der Waals surface area contributed by atoms with Crippen LogP contribution in [-0.4, -0.2) is 95.4 Å². The average Bonchev–Trinajstić information content (AvgIpc) is 3.78. The van der Waals surface area contributed by atoms with Gasteiger partial charge in [0.1, 0.15) is 11.1 Å². The minimum absolute atomic E-state index is 0.00173. The SMILES string of the molecule is C/C=C/C1=CN(C(=O)c2cc(OC)c(OCCCOc3cc([N+](=O)[O-])c(C(=O)N4C=C(/C=C/C)CC4CO)cc3OC)cc2[N+](=O)[O-])CC1.CO. The minimum atomic E-state index is -0.696. The molecule has 1 atom stereocenters. The Morgan fingerprint density at radius 1 is 0.824 bits per heavy atom. The Bertz CT molecular complexity index is 1730. The lowest BCUT2D eigenvalue weighted by molar-refractivity contribution is -0.385. The maximum atomic E-state index is 13.4. The highest BCUT2D eigenvalue weighted by atomic mass is 16.6. The van der Waals surface area contributed by atoms with E-state index >= 15 is 0 Å². The van der Waals surface area contributed by atoms with E-state index in [0.717, 1.165) is 30.4 Å². The van der Waals surface area contributed by atoms with Crippen LogP contribution in [0.25, 0.3) is 0 Å². The maximum Gasteiger partial charge on any atom is 0.286 e. The summed E-state index contributed by atoms with van der Waals surface area (Å²) in [5, 5.41) is 40.8. The van der Waals surface area contributed by atoms with Crippen molar-refractivity contribution in [2.24, 2.45) is 0 Å². The Kier molecular flexibility index (Phi) is 14.7. The molecular weight excluding hydrogens is 668 g/mol. The first-order chi connectivity index (χ1) is 24.6. The Morgan fingerprint density at radius 3 is 1.80 bits per heavy atom. The molecule has 2 aliphatic rings. The number of methoxy groups -OCH3 is 2. The largest absolute Gasteiger partial charge is 0.493 e. The molecule has 0 fully saturated rings. The molecule has 16 heteroatoms. The number of carbonyl (C=O) groups excluding carboxylic acids is 2. The van der Waals surface area contributed by atoms with E-state index in [-0.39, 0.29) is 60.4 Å². The van der Waals surface area contributed by atoms with Crippen molar-refractivity contribution >= 4 is 23.2 Å². The van der Waals surface area contributed by atoms with Crippen molar-refractivity contribution in [1.82, 2.24) is 9.80 Å². The van der Waals surface area contributed by atoms with Crippen LogP contribution < -0.4 is 18.9 Å². The normalized spacial score (nSPS) is 15.3. The van der Waals surface area contributed by atoms with Gasteiger partial charge in [-0.2, -0.15) is 0 Å². The summed E-state index contributed by atoms with van der Waals surface area (Å²) in [6.45, 7) is 3.73. The van der Waals surface area contributed by atoms with E-state index in [1.54, 1.807) is 24.6 Å². The van der Waals surface area contributed by atoms with E-state index in [0.29, 0.717) is 19.4 Å². The van der Waals surface area contributed by atoms with Crippen LogP contribution in [0.3, 0.4) is 0 Å². The Balaban J connectivity index is 0.00000345. The predicted molar refractivity (Wildman–Crippen MR) is 186 cm³/mol. The molecule has 4 rings (SSSR count). The van der Waals surface area contributed by atoms with Crippen molar-refractivity contribution in [2.75, 3.05) is 47.7 Å². The van der Waals surface area contributed by atoms with Gasteiger partial charge in [0.2, 0.25) is 0 Å². The molecule has 0 radical (unpaired) electrons. The third-order valence-corrected chi connectivity index (χ3v) is 7.82. The molecule has 2 N–H and O–H groups in total. The highest BCUT2D eigenvalue weighted by molar-refractivity contribution is 6.00. The van der Waals surface area contributed by atoms with Gasteiger partial charge in [-0.3, -0.25) is 29.8 Å². The van der Waals surface area contributed by atoms with Crippen LogP contribution in [0.4, 0.5) is 11.4 Å². The van der Waals surface area contributed by atoms with Crippen molar-refractivity contribution in [3.05, 3.63) is 103 Å². The quantitative estimate of drug-likeness (QED) is 0.143. The summed E-state index contributed by atoms with van der Waals surface area (Å²) in [7, 11) is 3.68. The summed E-state index contributed by atoms with van der Waals surface area (Å²) in [4.78, 5) is 51.9. The number of nitrogens with zero attached hydrogens (tertiary/aromatic N) is 4. The molecule has 2 aliphatic heterocycles. The molecule has 0 spiro atoms. The van der Waals surface area contributed by atoms with Gasteiger partial charge in [0.05, 0.1) is 62.1 Å². The molecule has 2 aromatic rings. The van der Waals surface area contributed by atoms with Gasteiger partial charge in [-0.1, -0.05) is 24.3 Å². The van der Waals surface area contributed by atoms with E-state index in [4.69, 9.17) is 24.1 Å². The fourth-order valence-corrected chi connectivity index (χ4v) is 5.49. The zero-order chi connectivity index (χ0) is 37.7. The molecular formula is C35H42N4O12. The fourth-order valence-electron chi connectivity index (χ4n) is 5.49. The van der Waals surface area contributed by atoms with E-state index in [9.17, 15) is 34.9 Å². The summed E-state index contributed by atoms with van der Waals surface area (Å²) in [6, 6.07) is 4.18. The molecule has 51 heavy (non-hydrogen) atoms. The second-order valence-electron chi connectivity index (χ2n) is 11.0. The predicted octanol–water partition coefficient (Wildman–Crippen LogP) is 4.95. The van der Waals surface area contributed by atoms with E-state index < -0.39 is 39.1 Å². The number of hydrogen-bond acceptors (Lipinski definition) is 12. The van der Waals surface area contributed by atoms with E-state index in [1.807, 2.05) is 26.0 Å². The first kappa shape index (κ1) is 39.7. The number of hydrogen-bond donors (Lipinski definition) is 2. The summed E-state index contributed by atoms with van der Waals surface area (Å²) in [6.07, 6.45) is 11.8. The van der Waals surface area contributed by atoms with Gasteiger partial charge in [0.25, 0.3) is 23.2 Å². The monoisotopic (exact) mass is 710 g/mol. The van der Waals surface area contributed by atoms with Crippen molar-refractivity contribution in [3.63, 3.8) is 0 Å². The van der Waals surface area contributed by atoms with E-state index in [1.165, 1.54) is 36.2 Å². The summed E-state index contributed by atoms with van der Waals surface area (Å²) in [5.41, 5.74) is 0.404. The zero-order valence-corrected chi connectivity index (χ0v) is 29.1. The molecule has 0 aliphatic carbocycles. The van der Waals surface area contributed by atoms with Crippen LogP contribution in [0.5, 0.6) is 23.0 Å². The molecule has 2 aromatic carbocycles. The summed E-state index contributed by atoms with van der Waals surface area (Å²) < 4.78 is 22.3. The summed E-state index contributed by atoms with van der Waals surface area (Å²) in [5.74, 6) is -0.948. The lowest BCUT2D eigenvalue weighted by Crippen LogP contribution is -2.35. The number of aliphatic hydroxyl groups is 2. The number of ether oxygens (including phenoxy) is 4. The standard InChI is InChI=1S/C34H38N4O11.CH4O/c1-5-8-22-10-11-35(19-22)33(40)25-15-29(46-3)31(17-27(25)37(42)43)48-12-7-13-49-32-18-28(38(44)45)26(16-30(32)47-4)34(41)36-20-23(9-6-2)14-24(36)21-39;1-2/h5-6,8-9,15-20,24,39H,7,10-14,21H2,1-4H3;2H,1H3/b8-5+,9-6+;. The lowest BCUT2D eigenvalue weighted by Gasteiger charge is -2.22. The van der Waals surface area contributed by atoms with Gasteiger partial charge >= 0.3 is 0 Å². The van der Waals surface area contributed by atoms with Crippen LogP contribution in [0.15, 0.2) is 72.1 Å². The minimum Gasteiger partial charge on any atom is -0.493 e. The second kappa shape index (κ2) is 18.9. The maximum absolute atomic E-state index is 13.4. The third kappa shape index (κ3) is 9.49. The Labute approximate surface area is 294 Å². The van der Waals surface area contributed by atoms with Gasteiger partial charge < -0.3 is 39.0 Å². The number of carbonyl (C=O) groups is 2. The average molecular weight is 711 g/mol. The smallest absolute Gasteiger partial charge is 0.286 e. The van der Waals surface area contributed by atoms with Crippen molar-refractivity contribution in [3.8, 4) is 23.0 Å². The van der Waals surface area contributed by atoms with Gasteiger partial charge in [-0.15, -0.1) is 0 Å². The Hall–Kier alpha value is -5.74. The molecule has 274 valence electrons. The van der Waals surface area contributed by atoms with Crippen LogP contribution in [-0.2, 0) is 0 Å². The number of amides is 2. The first-order valence-corrected chi connectivity index (χ1v) is 15.9. The molecule has 1 unspecified atom stereocenters. The molecule has 16 nitrogen and oxygen atoms in total. The van der Waals surface area contributed by atoms with Crippen LogP contribution in [0.1, 0.15) is 53.8 Å². The number of rotatable bonds is 15. The lowest BCUT2D eigenvalue weighted by atomic mass is 10.1. The molecule has 0 bridgehead atoms. The van der Waals surface area contributed by atoms with Crippen molar-refractivity contribution < 1.29 is 48.6 Å². The van der Waals surface area contributed by atoms with Crippen LogP contribution >= 0.6 is 0 Å². The third-order valence-electron chi connectivity index (χ3n) is 7.82. The summed E-state index contributed by atoms with van der Waals surface area (Å²) >= 11 is 0. The fraction of sp³-hybridized carbons (Fsp3) is 0.371. The van der Waals surface area contributed by atoms with Crippen LogP contribution in [0, 0.1) is 20.2 Å². The highest BCUT2D eigenvalue weighted by Gasteiger charge is 2.34. The second-order valence-corrected chi connectivity index (χ2v) is 11.0.